The number of fused-ring (bicyclic) bond motifs is 1. The molecule has 0 aliphatic heterocycles. The maximum atomic E-state index is 11.6. The van der Waals surface area contributed by atoms with Crippen molar-refractivity contribution in [3.05, 3.63) is 33.0 Å². The van der Waals surface area contributed by atoms with E-state index in [1.54, 1.807) is 24.3 Å². The molecule has 2 rings (SSSR count). The van der Waals surface area contributed by atoms with Crippen LogP contribution in [0.1, 0.15) is 0 Å². The zero-order valence-electron chi connectivity index (χ0n) is 7.74. The molecule has 0 saturated carbocycles. The molecule has 3 nitrogen and oxygen atoms in total. The van der Waals surface area contributed by atoms with Gasteiger partial charge in [0.1, 0.15) is 0 Å². The fraction of sp³-hybridized carbons (Fsp3) is 0.111. The standard InChI is InChI=1S/C9H7ClINO2S/c1-15(13,14)12-8-4-2-3-7(10)6(8)5-9(12)11/h2-5H,1H3. The van der Waals surface area contributed by atoms with E-state index in [1.165, 1.54) is 10.2 Å². The van der Waals surface area contributed by atoms with Gasteiger partial charge in [-0.3, -0.25) is 0 Å². The van der Waals surface area contributed by atoms with Gasteiger partial charge in [0.15, 0.2) is 0 Å². The van der Waals surface area contributed by atoms with Crippen LogP contribution in [0.4, 0.5) is 0 Å². The Balaban J connectivity index is 2.99. The van der Waals surface area contributed by atoms with Crippen LogP contribution in [0.5, 0.6) is 0 Å². The van der Waals surface area contributed by atoms with Gasteiger partial charge in [-0.15, -0.1) is 0 Å². The molecule has 0 fully saturated rings. The summed E-state index contributed by atoms with van der Waals surface area (Å²) in [5.74, 6) is 0. The van der Waals surface area contributed by atoms with Crippen LogP contribution in [0.25, 0.3) is 10.9 Å². The van der Waals surface area contributed by atoms with Crippen LogP contribution in [-0.2, 0) is 10.0 Å². The Morgan fingerprint density at radius 2 is 2.07 bits per heavy atom. The Labute approximate surface area is 106 Å². The first-order chi connectivity index (χ1) is 6.91. The molecule has 0 aliphatic rings. The average molecular weight is 356 g/mol. The topological polar surface area (TPSA) is 39.1 Å². The van der Waals surface area contributed by atoms with Gasteiger partial charge in [-0.05, 0) is 40.8 Å². The summed E-state index contributed by atoms with van der Waals surface area (Å²) in [5, 5.41) is 1.32. The second-order valence-electron chi connectivity index (χ2n) is 3.17. The molecule has 0 spiro atoms. The Morgan fingerprint density at radius 3 is 2.67 bits per heavy atom. The Bertz CT molecular complexity index is 633. The van der Waals surface area contributed by atoms with E-state index in [9.17, 15) is 8.42 Å². The summed E-state index contributed by atoms with van der Waals surface area (Å²) in [6, 6.07) is 6.98. The number of rotatable bonds is 1. The third-order valence-electron chi connectivity index (χ3n) is 2.04. The lowest BCUT2D eigenvalue weighted by molar-refractivity contribution is 0.594. The monoisotopic (exact) mass is 355 g/mol. The van der Waals surface area contributed by atoms with Crippen molar-refractivity contribution in [1.29, 1.82) is 0 Å². The van der Waals surface area contributed by atoms with E-state index in [4.69, 9.17) is 11.6 Å². The fourth-order valence-corrected chi connectivity index (χ4v) is 4.23. The average Bonchev–Trinajstić information content (AvgIpc) is 2.41. The molecular weight excluding hydrogens is 349 g/mol. The van der Waals surface area contributed by atoms with Crippen molar-refractivity contribution in [2.45, 2.75) is 0 Å². The number of hydrogen-bond acceptors (Lipinski definition) is 2. The normalized spacial score (nSPS) is 12.2. The highest BCUT2D eigenvalue weighted by molar-refractivity contribution is 14.1. The van der Waals surface area contributed by atoms with Crippen LogP contribution < -0.4 is 0 Å². The lowest BCUT2D eigenvalue weighted by Crippen LogP contribution is -2.11. The minimum Gasteiger partial charge on any atom is -0.232 e. The van der Waals surface area contributed by atoms with Crippen molar-refractivity contribution in [1.82, 2.24) is 3.97 Å². The van der Waals surface area contributed by atoms with E-state index in [-0.39, 0.29) is 0 Å². The predicted octanol–water partition coefficient (Wildman–Crippen LogP) is 2.71. The molecule has 1 aromatic carbocycles. The Hall–Kier alpha value is -0.270. The first-order valence-corrected chi connectivity index (χ1v) is 7.38. The first-order valence-electron chi connectivity index (χ1n) is 4.07. The third kappa shape index (κ3) is 1.88. The van der Waals surface area contributed by atoms with Crippen LogP contribution in [0, 0.1) is 3.70 Å². The molecule has 6 heteroatoms. The minimum absolute atomic E-state index is 0.563. The summed E-state index contributed by atoms with van der Waals surface area (Å²) in [5.41, 5.74) is 0.620. The van der Waals surface area contributed by atoms with Crippen molar-refractivity contribution in [2.75, 3.05) is 6.26 Å². The van der Waals surface area contributed by atoms with Crippen molar-refractivity contribution >= 4 is 55.1 Å². The number of aromatic nitrogens is 1. The number of nitrogens with zero attached hydrogens (tertiary/aromatic N) is 1. The minimum atomic E-state index is -3.28. The second-order valence-corrected chi connectivity index (χ2v) is 6.51. The molecule has 1 heterocycles. The van der Waals surface area contributed by atoms with Gasteiger partial charge >= 0.3 is 0 Å². The zero-order chi connectivity index (χ0) is 11.2. The number of hydrogen-bond donors (Lipinski definition) is 0. The summed E-state index contributed by atoms with van der Waals surface area (Å²) in [7, 11) is -3.28. The molecule has 0 bridgehead atoms. The van der Waals surface area contributed by atoms with Crippen LogP contribution in [0.3, 0.4) is 0 Å². The molecule has 0 saturated heterocycles. The van der Waals surface area contributed by atoms with Gasteiger partial charge in [-0.2, -0.15) is 0 Å². The Kier molecular flexibility index (Phi) is 2.72. The Morgan fingerprint density at radius 1 is 1.40 bits per heavy atom. The van der Waals surface area contributed by atoms with Gasteiger partial charge in [-0.25, -0.2) is 12.4 Å². The summed E-state index contributed by atoms with van der Waals surface area (Å²) in [6.07, 6.45) is 1.18. The smallest absolute Gasteiger partial charge is 0.232 e. The molecule has 1 aromatic heterocycles. The lowest BCUT2D eigenvalue weighted by atomic mass is 10.2. The van der Waals surface area contributed by atoms with E-state index in [1.807, 2.05) is 22.6 Å². The highest BCUT2D eigenvalue weighted by Crippen LogP contribution is 2.28. The molecule has 0 amide bonds. The lowest BCUT2D eigenvalue weighted by Gasteiger charge is -2.03. The van der Waals surface area contributed by atoms with Gasteiger partial charge in [-0.1, -0.05) is 17.7 Å². The molecule has 0 aliphatic carbocycles. The number of halogens is 2. The van der Waals surface area contributed by atoms with Gasteiger partial charge in [0, 0.05) is 5.39 Å². The maximum absolute atomic E-state index is 11.6. The van der Waals surface area contributed by atoms with E-state index in [2.05, 4.69) is 0 Å². The molecule has 0 atom stereocenters. The molecule has 80 valence electrons. The second kappa shape index (κ2) is 3.64. The van der Waals surface area contributed by atoms with Crippen molar-refractivity contribution in [3.8, 4) is 0 Å². The quantitative estimate of drug-likeness (QED) is 0.738. The SMILES string of the molecule is CS(=O)(=O)n1c(I)cc2c(Cl)cccc21. The molecule has 0 unspecified atom stereocenters. The number of benzene rings is 1. The summed E-state index contributed by atoms with van der Waals surface area (Å²) >= 11 is 7.96. The molecule has 15 heavy (non-hydrogen) atoms. The van der Waals surface area contributed by atoms with Gasteiger partial charge < -0.3 is 0 Å². The van der Waals surface area contributed by atoms with Crippen LogP contribution in [0.2, 0.25) is 5.02 Å². The van der Waals surface area contributed by atoms with Gasteiger partial charge in [0.25, 0.3) is 0 Å². The highest BCUT2D eigenvalue weighted by Gasteiger charge is 2.15. The molecule has 2 aromatic rings. The highest BCUT2D eigenvalue weighted by atomic mass is 127. The molecule has 0 radical (unpaired) electrons. The molecular formula is C9H7ClINO2S. The van der Waals surface area contributed by atoms with Crippen molar-refractivity contribution < 1.29 is 8.42 Å². The van der Waals surface area contributed by atoms with Crippen LogP contribution in [0.15, 0.2) is 24.3 Å². The molecule has 0 N–H and O–H groups in total. The van der Waals surface area contributed by atoms with E-state index < -0.39 is 10.0 Å². The van der Waals surface area contributed by atoms with E-state index >= 15 is 0 Å². The van der Waals surface area contributed by atoms with Crippen molar-refractivity contribution in [3.63, 3.8) is 0 Å². The van der Waals surface area contributed by atoms with Crippen molar-refractivity contribution in [2.24, 2.45) is 0 Å². The third-order valence-corrected chi connectivity index (χ3v) is 4.55. The summed E-state index contributed by atoms with van der Waals surface area (Å²) in [4.78, 5) is 0. The van der Waals surface area contributed by atoms with Gasteiger partial charge in [0.2, 0.25) is 10.0 Å². The largest absolute Gasteiger partial charge is 0.237 e. The summed E-state index contributed by atoms with van der Waals surface area (Å²) in [6.45, 7) is 0. The van der Waals surface area contributed by atoms with E-state index in [0.717, 1.165) is 5.39 Å². The maximum Gasteiger partial charge on any atom is 0.237 e. The fourth-order valence-electron chi connectivity index (χ4n) is 1.48. The first kappa shape index (κ1) is 11.2. The van der Waals surface area contributed by atoms with E-state index in [0.29, 0.717) is 14.2 Å². The summed E-state index contributed by atoms with van der Waals surface area (Å²) < 4.78 is 25.0. The zero-order valence-corrected chi connectivity index (χ0v) is 11.5. The van der Waals surface area contributed by atoms with Crippen LogP contribution >= 0.6 is 34.2 Å². The predicted molar refractivity (Wildman–Crippen MR) is 69.9 cm³/mol. The van der Waals surface area contributed by atoms with Crippen LogP contribution in [-0.4, -0.2) is 18.6 Å². The van der Waals surface area contributed by atoms with Gasteiger partial charge in [0.05, 0.1) is 20.5 Å².